The van der Waals surface area contributed by atoms with Crippen LogP contribution in [0.15, 0.2) is 30.5 Å². The van der Waals surface area contributed by atoms with Gasteiger partial charge in [-0.2, -0.15) is 0 Å². The number of H-pyrrole nitrogens is 1. The summed E-state index contributed by atoms with van der Waals surface area (Å²) in [6.07, 6.45) is 1.69. The molecule has 0 saturated carbocycles. The third-order valence-electron chi connectivity index (χ3n) is 3.45. The minimum atomic E-state index is -2.96. The number of hydrogen-bond acceptors (Lipinski definition) is 3. The minimum Gasteiger partial charge on any atom is -0.360 e. The second-order valence-electron chi connectivity index (χ2n) is 4.69. The molecule has 5 nitrogen and oxygen atoms in total. The molecule has 0 bridgehead atoms. The number of hydrogen-bond donors (Lipinski definition) is 1. The molecule has 1 fully saturated rings. The zero-order valence-electron chi connectivity index (χ0n) is 10.3. The Balaban J connectivity index is 1.89. The van der Waals surface area contributed by atoms with Crippen molar-refractivity contribution in [3.05, 3.63) is 36.0 Å². The van der Waals surface area contributed by atoms with Crippen LogP contribution in [0.2, 0.25) is 0 Å². The molecule has 1 aromatic heterocycles. The monoisotopic (exact) mass is 278 g/mol. The molecule has 100 valence electrons. The highest BCUT2D eigenvalue weighted by atomic mass is 32.2. The van der Waals surface area contributed by atoms with Crippen LogP contribution in [-0.4, -0.2) is 48.8 Å². The summed E-state index contributed by atoms with van der Waals surface area (Å²) < 4.78 is 22.7. The van der Waals surface area contributed by atoms with Crippen LogP contribution in [0.1, 0.15) is 10.4 Å². The van der Waals surface area contributed by atoms with Gasteiger partial charge in [-0.1, -0.05) is 18.2 Å². The summed E-state index contributed by atoms with van der Waals surface area (Å²) in [5, 5.41) is 0.876. The molecule has 1 aromatic carbocycles. The standard InChI is InChI=1S/C13H14N2O3S/c16-13(15-5-7-19(17,18)8-6-15)11-9-14-12-4-2-1-3-10(11)12/h1-4,9,14H,5-8H2. The Morgan fingerprint density at radius 1 is 1.16 bits per heavy atom. The van der Waals surface area contributed by atoms with E-state index in [1.807, 2.05) is 24.3 Å². The maximum Gasteiger partial charge on any atom is 0.256 e. The summed E-state index contributed by atoms with van der Waals surface area (Å²) >= 11 is 0. The fourth-order valence-corrected chi connectivity index (χ4v) is 3.54. The van der Waals surface area contributed by atoms with E-state index in [0.29, 0.717) is 5.56 Å². The minimum absolute atomic E-state index is 0.0566. The van der Waals surface area contributed by atoms with Crippen molar-refractivity contribution >= 4 is 26.6 Å². The van der Waals surface area contributed by atoms with Crippen molar-refractivity contribution in [3.8, 4) is 0 Å². The van der Waals surface area contributed by atoms with Crippen LogP contribution in [0, 0.1) is 0 Å². The first-order chi connectivity index (χ1) is 9.07. The number of rotatable bonds is 1. The van der Waals surface area contributed by atoms with Gasteiger partial charge in [-0.25, -0.2) is 8.42 Å². The predicted molar refractivity (Wildman–Crippen MR) is 72.9 cm³/mol. The molecule has 0 unspecified atom stereocenters. The summed E-state index contributed by atoms with van der Waals surface area (Å²) in [4.78, 5) is 17.1. The van der Waals surface area contributed by atoms with Gasteiger partial charge in [0, 0.05) is 30.2 Å². The number of aromatic nitrogens is 1. The molecular formula is C13H14N2O3S. The van der Waals surface area contributed by atoms with Crippen LogP contribution < -0.4 is 0 Å². The average Bonchev–Trinajstić information content (AvgIpc) is 2.82. The third kappa shape index (κ3) is 2.23. The number of carbonyl (C=O) groups is 1. The topological polar surface area (TPSA) is 70.2 Å². The number of benzene rings is 1. The Morgan fingerprint density at radius 3 is 2.58 bits per heavy atom. The molecule has 6 heteroatoms. The maximum absolute atomic E-state index is 12.4. The van der Waals surface area contributed by atoms with E-state index in [1.165, 1.54) is 0 Å². The van der Waals surface area contributed by atoms with Crippen molar-refractivity contribution in [2.24, 2.45) is 0 Å². The van der Waals surface area contributed by atoms with Gasteiger partial charge in [0.05, 0.1) is 17.1 Å². The summed E-state index contributed by atoms with van der Waals surface area (Å²) in [5.41, 5.74) is 1.52. The molecular weight excluding hydrogens is 264 g/mol. The molecule has 1 N–H and O–H groups in total. The van der Waals surface area contributed by atoms with Gasteiger partial charge in [0.25, 0.3) is 5.91 Å². The highest BCUT2D eigenvalue weighted by Crippen LogP contribution is 2.20. The van der Waals surface area contributed by atoms with Crippen molar-refractivity contribution in [1.29, 1.82) is 0 Å². The highest BCUT2D eigenvalue weighted by Gasteiger charge is 2.26. The Labute approximate surface area is 111 Å². The van der Waals surface area contributed by atoms with Gasteiger partial charge >= 0.3 is 0 Å². The first-order valence-corrected chi connectivity index (χ1v) is 7.95. The Kier molecular flexibility index (Phi) is 2.82. The fraction of sp³-hybridized carbons (Fsp3) is 0.308. The number of fused-ring (bicyclic) bond motifs is 1. The molecule has 0 radical (unpaired) electrons. The van der Waals surface area contributed by atoms with Gasteiger partial charge in [-0.05, 0) is 6.07 Å². The lowest BCUT2D eigenvalue weighted by Gasteiger charge is -2.26. The van der Waals surface area contributed by atoms with Gasteiger partial charge < -0.3 is 9.88 Å². The zero-order chi connectivity index (χ0) is 13.5. The largest absolute Gasteiger partial charge is 0.360 e. The number of aromatic amines is 1. The Hall–Kier alpha value is -1.82. The first kappa shape index (κ1) is 12.2. The number of nitrogens with zero attached hydrogens (tertiary/aromatic N) is 1. The fourth-order valence-electron chi connectivity index (χ4n) is 2.33. The SMILES string of the molecule is O=C(c1c[nH]c2ccccc12)N1CCS(=O)(=O)CC1. The maximum atomic E-state index is 12.4. The molecule has 1 aliphatic rings. The third-order valence-corrected chi connectivity index (χ3v) is 5.06. The molecule has 19 heavy (non-hydrogen) atoms. The van der Waals surface area contributed by atoms with Gasteiger partial charge in [0.1, 0.15) is 0 Å². The van der Waals surface area contributed by atoms with Crippen LogP contribution in [0.3, 0.4) is 0 Å². The quantitative estimate of drug-likeness (QED) is 0.847. The van der Waals surface area contributed by atoms with Crippen LogP contribution in [0.25, 0.3) is 10.9 Å². The molecule has 0 atom stereocenters. The number of amides is 1. The van der Waals surface area contributed by atoms with Crippen LogP contribution in [0.5, 0.6) is 0 Å². The molecule has 0 spiro atoms. The van der Waals surface area contributed by atoms with E-state index in [4.69, 9.17) is 0 Å². The van der Waals surface area contributed by atoms with E-state index in [0.717, 1.165) is 10.9 Å². The first-order valence-electron chi connectivity index (χ1n) is 6.13. The lowest BCUT2D eigenvalue weighted by molar-refractivity contribution is 0.0772. The van der Waals surface area contributed by atoms with E-state index in [-0.39, 0.29) is 30.5 Å². The zero-order valence-corrected chi connectivity index (χ0v) is 11.1. The molecule has 0 aliphatic carbocycles. The van der Waals surface area contributed by atoms with Crippen LogP contribution >= 0.6 is 0 Å². The lowest BCUT2D eigenvalue weighted by Crippen LogP contribution is -2.43. The number of carbonyl (C=O) groups excluding carboxylic acids is 1. The molecule has 2 aromatic rings. The number of nitrogens with one attached hydrogen (secondary N) is 1. The lowest BCUT2D eigenvalue weighted by atomic mass is 10.1. The van der Waals surface area contributed by atoms with Gasteiger partial charge in [-0.3, -0.25) is 4.79 Å². The smallest absolute Gasteiger partial charge is 0.256 e. The highest BCUT2D eigenvalue weighted by molar-refractivity contribution is 7.91. The average molecular weight is 278 g/mol. The molecule has 3 rings (SSSR count). The van der Waals surface area contributed by atoms with E-state index < -0.39 is 9.84 Å². The van der Waals surface area contributed by atoms with E-state index in [9.17, 15) is 13.2 Å². The molecule has 1 amide bonds. The molecule has 1 saturated heterocycles. The van der Waals surface area contributed by atoms with E-state index in [1.54, 1.807) is 11.1 Å². The normalized spacial score (nSPS) is 18.6. The second-order valence-corrected chi connectivity index (χ2v) is 7.00. The summed E-state index contributed by atoms with van der Waals surface area (Å²) in [7, 11) is -2.96. The molecule has 2 heterocycles. The molecule has 1 aliphatic heterocycles. The van der Waals surface area contributed by atoms with Gasteiger partial charge in [0.15, 0.2) is 9.84 Å². The van der Waals surface area contributed by atoms with Crippen LogP contribution in [0.4, 0.5) is 0 Å². The van der Waals surface area contributed by atoms with E-state index >= 15 is 0 Å². The van der Waals surface area contributed by atoms with Crippen molar-refractivity contribution in [2.45, 2.75) is 0 Å². The number of para-hydroxylation sites is 1. The van der Waals surface area contributed by atoms with Crippen molar-refractivity contribution in [1.82, 2.24) is 9.88 Å². The van der Waals surface area contributed by atoms with Gasteiger partial charge in [-0.15, -0.1) is 0 Å². The second kappa shape index (κ2) is 4.38. The van der Waals surface area contributed by atoms with Crippen molar-refractivity contribution < 1.29 is 13.2 Å². The van der Waals surface area contributed by atoms with Crippen molar-refractivity contribution in [2.75, 3.05) is 24.6 Å². The van der Waals surface area contributed by atoms with E-state index in [2.05, 4.69) is 4.98 Å². The summed E-state index contributed by atoms with van der Waals surface area (Å²) in [5.74, 6) is 0.00898. The summed E-state index contributed by atoms with van der Waals surface area (Å²) in [6, 6.07) is 7.58. The van der Waals surface area contributed by atoms with Crippen LogP contribution in [-0.2, 0) is 9.84 Å². The summed E-state index contributed by atoms with van der Waals surface area (Å²) in [6.45, 7) is 0.557. The van der Waals surface area contributed by atoms with Gasteiger partial charge in [0.2, 0.25) is 0 Å². The Bertz CT molecular complexity index is 719. The Morgan fingerprint density at radius 2 is 1.84 bits per heavy atom. The predicted octanol–water partition coefficient (Wildman–Crippen LogP) is 1.04. The van der Waals surface area contributed by atoms with Crippen molar-refractivity contribution in [3.63, 3.8) is 0 Å². The number of sulfone groups is 1.